The van der Waals surface area contributed by atoms with Gasteiger partial charge in [0.1, 0.15) is 0 Å². The molecule has 1 saturated heterocycles. The predicted octanol–water partition coefficient (Wildman–Crippen LogP) is 0.405. The molecule has 1 aromatic heterocycles. The van der Waals surface area contributed by atoms with E-state index in [9.17, 15) is 4.79 Å². The molecule has 1 amide bonds. The molecule has 2 heterocycles. The number of nitrogens with zero attached hydrogens (tertiary/aromatic N) is 2. The fourth-order valence-corrected chi connectivity index (χ4v) is 2.28. The minimum Gasteiger partial charge on any atom is -0.351 e. The third-order valence-corrected chi connectivity index (χ3v) is 3.48. The highest BCUT2D eigenvalue weighted by Crippen LogP contribution is 2.12. The summed E-state index contributed by atoms with van der Waals surface area (Å²) < 4.78 is 1.85. The Morgan fingerprint density at radius 2 is 2.35 bits per heavy atom. The molecule has 2 rings (SSSR count). The first-order valence-electron chi connectivity index (χ1n) is 6.09. The molecule has 0 radical (unpaired) electrons. The van der Waals surface area contributed by atoms with Crippen molar-refractivity contribution in [1.29, 1.82) is 0 Å². The first-order chi connectivity index (χ1) is 8.09. The maximum Gasteiger partial charge on any atom is 0.237 e. The second-order valence-corrected chi connectivity index (χ2v) is 4.64. The molecule has 5 nitrogen and oxygen atoms in total. The van der Waals surface area contributed by atoms with Crippen LogP contribution in [0.5, 0.6) is 0 Å². The molecule has 0 saturated carbocycles. The van der Waals surface area contributed by atoms with E-state index in [4.69, 9.17) is 0 Å². The number of hydrogen-bond acceptors (Lipinski definition) is 3. The highest BCUT2D eigenvalue weighted by atomic mass is 16.2. The summed E-state index contributed by atoms with van der Waals surface area (Å²) in [6.07, 6.45) is 2.03. The van der Waals surface area contributed by atoms with Crippen LogP contribution in [0.3, 0.4) is 0 Å². The Morgan fingerprint density at radius 3 is 2.88 bits per heavy atom. The van der Waals surface area contributed by atoms with Gasteiger partial charge in [-0.3, -0.25) is 9.48 Å². The summed E-state index contributed by atoms with van der Waals surface area (Å²) in [5.41, 5.74) is 3.23. The lowest BCUT2D eigenvalue weighted by Crippen LogP contribution is -2.40. The minimum atomic E-state index is -0.00714. The molecule has 1 aliphatic rings. The van der Waals surface area contributed by atoms with E-state index >= 15 is 0 Å². The van der Waals surface area contributed by atoms with E-state index in [1.54, 1.807) is 0 Å². The van der Waals surface area contributed by atoms with Gasteiger partial charge in [0.15, 0.2) is 0 Å². The van der Waals surface area contributed by atoms with Gasteiger partial charge in [-0.1, -0.05) is 0 Å². The van der Waals surface area contributed by atoms with Crippen molar-refractivity contribution < 1.29 is 4.79 Å². The van der Waals surface area contributed by atoms with Crippen molar-refractivity contribution in [3.8, 4) is 0 Å². The molecule has 0 spiro atoms. The molecule has 1 atom stereocenters. The summed E-state index contributed by atoms with van der Waals surface area (Å²) in [6.45, 7) is 5.52. The lowest BCUT2D eigenvalue weighted by atomic mass is 10.2. The van der Waals surface area contributed by atoms with Gasteiger partial charge >= 0.3 is 0 Å². The van der Waals surface area contributed by atoms with Crippen LogP contribution in [0.4, 0.5) is 0 Å². The van der Waals surface area contributed by atoms with Gasteiger partial charge in [-0.2, -0.15) is 5.10 Å². The highest BCUT2D eigenvalue weighted by molar-refractivity contribution is 5.82. The van der Waals surface area contributed by atoms with Crippen molar-refractivity contribution in [3.05, 3.63) is 17.0 Å². The second kappa shape index (κ2) is 4.87. The molecule has 1 aliphatic heterocycles. The van der Waals surface area contributed by atoms with E-state index in [-0.39, 0.29) is 11.9 Å². The zero-order chi connectivity index (χ0) is 12.4. The molecular formula is C12H20N4O. The van der Waals surface area contributed by atoms with Crippen molar-refractivity contribution in [3.63, 3.8) is 0 Å². The van der Waals surface area contributed by atoms with Gasteiger partial charge in [0.2, 0.25) is 5.91 Å². The molecule has 5 heteroatoms. The fourth-order valence-electron chi connectivity index (χ4n) is 2.28. The van der Waals surface area contributed by atoms with Gasteiger partial charge < -0.3 is 10.6 Å². The molecule has 1 aromatic rings. The van der Waals surface area contributed by atoms with Crippen LogP contribution in [0.1, 0.15) is 29.8 Å². The van der Waals surface area contributed by atoms with E-state index in [1.807, 2.05) is 25.6 Å². The number of amides is 1. The average molecular weight is 236 g/mol. The minimum absolute atomic E-state index is 0.00714. The summed E-state index contributed by atoms with van der Waals surface area (Å²) >= 11 is 0. The lowest BCUT2D eigenvalue weighted by Gasteiger charge is -2.11. The Morgan fingerprint density at radius 1 is 1.59 bits per heavy atom. The van der Waals surface area contributed by atoms with Crippen LogP contribution in [0, 0.1) is 13.8 Å². The maximum atomic E-state index is 11.8. The third-order valence-electron chi connectivity index (χ3n) is 3.48. The smallest absolute Gasteiger partial charge is 0.237 e. The van der Waals surface area contributed by atoms with Crippen molar-refractivity contribution in [1.82, 2.24) is 20.4 Å². The number of rotatable bonds is 3. The number of carbonyl (C=O) groups is 1. The molecule has 0 aliphatic carbocycles. The summed E-state index contributed by atoms with van der Waals surface area (Å²) in [7, 11) is 1.92. The van der Waals surface area contributed by atoms with Crippen molar-refractivity contribution in [2.75, 3.05) is 6.54 Å². The number of hydrogen-bond donors (Lipinski definition) is 2. The van der Waals surface area contributed by atoms with Gasteiger partial charge in [-0.05, 0) is 33.2 Å². The number of nitrogens with one attached hydrogen (secondary N) is 2. The molecular weight excluding hydrogens is 216 g/mol. The van der Waals surface area contributed by atoms with Crippen molar-refractivity contribution in [2.45, 2.75) is 39.3 Å². The average Bonchev–Trinajstić information content (AvgIpc) is 2.88. The number of aromatic nitrogens is 2. The summed E-state index contributed by atoms with van der Waals surface area (Å²) in [4.78, 5) is 11.8. The largest absolute Gasteiger partial charge is 0.351 e. The van der Waals surface area contributed by atoms with Crippen LogP contribution >= 0.6 is 0 Å². The van der Waals surface area contributed by atoms with Crippen LogP contribution < -0.4 is 10.6 Å². The van der Waals surface area contributed by atoms with Crippen molar-refractivity contribution >= 4 is 5.91 Å². The Balaban J connectivity index is 1.95. The molecule has 1 fully saturated rings. The van der Waals surface area contributed by atoms with Crippen LogP contribution in [0.15, 0.2) is 0 Å². The van der Waals surface area contributed by atoms with Gasteiger partial charge in [0.25, 0.3) is 0 Å². The van der Waals surface area contributed by atoms with Gasteiger partial charge in [0.05, 0.1) is 11.7 Å². The zero-order valence-corrected chi connectivity index (χ0v) is 10.7. The number of aryl methyl sites for hydroxylation is 2. The van der Waals surface area contributed by atoms with Crippen LogP contribution in [0.2, 0.25) is 0 Å². The molecule has 1 unspecified atom stereocenters. The monoisotopic (exact) mass is 236 g/mol. The van der Waals surface area contributed by atoms with E-state index in [0.717, 1.165) is 36.3 Å². The maximum absolute atomic E-state index is 11.8. The fraction of sp³-hybridized carbons (Fsp3) is 0.667. The van der Waals surface area contributed by atoms with Gasteiger partial charge in [0, 0.05) is 24.8 Å². The Labute approximate surface area is 102 Å². The Kier molecular flexibility index (Phi) is 3.47. The quantitative estimate of drug-likeness (QED) is 0.799. The summed E-state index contributed by atoms with van der Waals surface area (Å²) in [5, 5.41) is 10.5. The molecule has 2 N–H and O–H groups in total. The van der Waals surface area contributed by atoms with Crippen LogP contribution in [0.25, 0.3) is 0 Å². The topological polar surface area (TPSA) is 59.0 Å². The van der Waals surface area contributed by atoms with Gasteiger partial charge in [-0.15, -0.1) is 0 Å². The molecule has 0 aromatic carbocycles. The van der Waals surface area contributed by atoms with E-state index < -0.39 is 0 Å². The molecule has 17 heavy (non-hydrogen) atoms. The Hall–Kier alpha value is -1.36. The van der Waals surface area contributed by atoms with Crippen molar-refractivity contribution in [2.24, 2.45) is 7.05 Å². The van der Waals surface area contributed by atoms with Crippen LogP contribution in [-0.4, -0.2) is 28.3 Å². The third kappa shape index (κ3) is 2.49. The van der Waals surface area contributed by atoms with E-state index in [1.165, 1.54) is 0 Å². The first kappa shape index (κ1) is 12.1. The lowest BCUT2D eigenvalue weighted by molar-refractivity contribution is -0.122. The van der Waals surface area contributed by atoms with Gasteiger partial charge in [-0.25, -0.2) is 0 Å². The summed E-state index contributed by atoms with van der Waals surface area (Å²) in [5.74, 6) is 0.102. The zero-order valence-electron chi connectivity index (χ0n) is 10.7. The second-order valence-electron chi connectivity index (χ2n) is 4.64. The first-order valence-corrected chi connectivity index (χ1v) is 6.09. The normalized spacial score (nSPS) is 19.6. The summed E-state index contributed by atoms with van der Waals surface area (Å²) in [6, 6.07) is -0.00714. The SMILES string of the molecule is Cc1nn(C)c(C)c1CNC(=O)C1CCCN1. The van der Waals surface area contributed by atoms with E-state index in [2.05, 4.69) is 15.7 Å². The standard InChI is InChI=1S/C12H20N4O/c1-8-10(9(2)16(3)15-8)7-14-12(17)11-5-4-6-13-11/h11,13H,4-7H2,1-3H3,(H,14,17). The Bertz CT molecular complexity index is 418. The predicted molar refractivity (Wildman–Crippen MR) is 65.6 cm³/mol. The molecule has 0 bridgehead atoms. The number of carbonyl (C=O) groups excluding carboxylic acids is 1. The van der Waals surface area contributed by atoms with Crippen LogP contribution in [-0.2, 0) is 18.4 Å². The molecule has 94 valence electrons. The highest BCUT2D eigenvalue weighted by Gasteiger charge is 2.22. The van der Waals surface area contributed by atoms with E-state index in [0.29, 0.717) is 6.54 Å².